The lowest BCUT2D eigenvalue weighted by Crippen LogP contribution is -2.03. The van der Waals surface area contributed by atoms with Gasteiger partial charge in [0.2, 0.25) is 17.2 Å². The van der Waals surface area contributed by atoms with Crippen LogP contribution in [0.15, 0.2) is 42.5 Å². The number of hydrogen-bond acceptors (Lipinski definition) is 5. The zero-order valence-electron chi connectivity index (χ0n) is 10.8. The summed E-state index contributed by atoms with van der Waals surface area (Å²) in [7, 11) is 1.73. The van der Waals surface area contributed by atoms with Gasteiger partial charge in [0.25, 0.3) is 0 Å². The van der Waals surface area contributed by atoms with Gasteiger partial charge in [0.05, 0.1) is 0 Å². The number of benzene rings is 2. The molecular weight excluding hydrogens is 274 g/mol. The van der Waals surface area contributed by atoms with E-state index in [0.29, 0.717) is 11.9 Å². The Kier molecular flexibility index (Phi) is 3.35. The van der Waals surface area contributed by atoms with Crippen LogP contribution in [0.4, 0.5) is 17.6 Å². The molecule has 0 saturated carbocycles. The normalized spacial score (nSPS) is 10.5. The Morgan fingerprint density at radius 3 is 2.45 bits per heavy atom. The van der Waals surface area contributed by atoms with Crippen LogP contribution in [0.25, 0.3) is 10.8 Å². The molecule has 0 radical (unpaired) electrons. The molecule has 0 saturated heterocycles. The average Bonchev–Trinajstić information content (AvgIpc) is 2.46. The number of hydrogen-bond donors (Lipinski definition) is 2. The van der Waals surface area contributed by atoms with Crippen molar-refractivity contribution in [2.45, 2.75) is 0 Å². The van der Waals surface area contributed by atoms with Crippen LogP contribution < -0.4 is 10.6 Å². The van der Waals surface area contributed by atoms with E-state index < -0.39 is 0 Å². The molecule has 2 N–H and O–H groups in total. The van der Waals surface area contributed by atoms with Gasteiger partial charge in [0.15, 0.2) is 0 Å². The molecule has 1 heterocycles. The molecule has 1 aromatic heterocycles. The highest BCUT2D eigenvalue weighted by atomic mass is 35.5. The molecule has 0 aliphatic carbocycles. The Morgan fingerprint density at radius 1 is 0.900 bits per heavy atom. The van der Waals surface area contributed by atoms with Crippen LogP contribution in [0.5, 0.6) is 0 Å². The lowest BCUT2D eigenvalue weighted by Gasteiger charge is -2.07. The summed E-state index contributed by atoms with van der Waals surface area (Å²) in [5.74, 6) is 0.831. The molecular formula is C14H12ClN5. The maximum Gasteiger partial charge on any atom is 0.233 e. The largest absolute Gasteiger partial charge is 0.357 e. The molecule has 3 rings (SSSR count). The smallest absolute Gasteiger partial charge is 0.233 e. The fourth-order valence-corrected chi connectivity index (χ4v) is 2.07. The second-order valence-electron chi connectivity index (χ2n) is 4.19. The zero-order chi connectivity index (χ0) is 13.9. The van der Waals surface area contributed by atoms with E-state index in [0.717, 1.165) is 11.1 Å². The van der Waals surface area contributed by atoms with Gasteiger partial charge in [-0.05, 0) is 34.5 Å². The van der Waals surface area contributed by atoms with E-state index in [4.69, 9.17) is 11.6 Å². The van der Waals surface area contributed by atoms with E-state index in [1.807, 2.05) is 30.3 Å². The van der Waals surface area contributed by atoms with E-state index >= 15 is 0 Å². The highest BCUT2D eigenvalue weighted by Crippen LogP contribution is 2.21. The van der Waals surface area contributed by atoms with Crippen LogP contribution in [0.1, 0.15) is 0 Å². The molecule has 0 amide bonds. The van der Waals surface area contributed by atoms with Crippen molar-refractivity contribution >= 4 is 40.0 Å². The van der Waals surface area contributed by atoms with Crippen LogP contribution in [-0.2, 0) is 0 Å². The lowest BCUT2D eigenvalue weighted by molar-refractivity contribution is 1.05. The molecule has 6 heteroatoms. The fraction of sp³-hybridized carbons (Fsp3) is 0.0714. The van der Waals surface area contributed by atoms with Gasteiger partial charge >= 0.3 is 0 Å². The van der Waals surface area contributed by atoms with E-state index in [2.05, 4.69) is 37.7 Å². The Labute approximate surface area is 121 Å². The summed E-state index contributed by atoms with van der Waals surface area (Å²) < 4.78 is 0. The van der Waals surface area contributed by atoms with Gasteiger partial charge < -0.3 is 10.6 Å². The molecule has 0 aliphatic rings. The maximum atomic E-state index is 5.85. The molecule has 3 aromatic rings. The number of nitrogens with one attached hydrogen (secondary N) is 2. The summed E-state index contributed by atoms with van der Waals surface area (Å²) in [6.07, 6.45) is 0. The number of rotatable bonds is 3. The van der Waals surface area contributed by atoms with Gasteiger partial charge in [0, 0.05) is 12.7 Å². The molecule has 0 aliphatic heterocycles. The average molecular weight is 286 g/mol. The SMILES string of the molecule is CNc1nc(Cl)nc(Nc2ccc3ccccc3c2)n1. The third kappa shape index (κ3) is 2.62. The molecule has 0 bridgehead atoms. The minimum absolute atomic E-state index is 0.146. The number of aromatic nitrogens is 3. The predicted molar refractivity (Wildman–Crippen MR) is 81.6 cm³/mol. The molecule has 5 nitrogen and oxygen atoms in total. The lowest BCUT2D eigenvalue weighted by atomic mass is 10.1. The standard InChI is InChI=1S/C14H12ClN5/c1-16-13-18-12(15)19-14(20-13)17-11-7-6-9-4-2-3-5-10(9)8-11/h2-8H,1H3,(H2,16,17,18,19,20). The summed E-state index contributed by atoms with van der Waals surface area (Å²) in [4.78, 5) is 12.2. The van der Waals surface area contributed by atoms with Crippen LogP contribution in [0.3, 0.4) is 0 Å². The summed E-state index contributed by atoms with van der Waals surface area (Å²) >= 11 is 5.85. The number of fused-ring (bicyclic) bond motifs is 1. The second kappa shape index (κ2) is 5.30. The predicted octanol–water partition coefficient (Wildman–Crippen LogP) is 3.46. The van der Waals surface area contributed by atoms with Crippen molar-refractivity contribution in [3.8, 4) is 0 Å². The summed E-state index contributed by atoms with van der Waals surface area (Å²) in [6.45, 7) is 0. The van der Waals surface area contributed by atoms with E-state index in [1.54, 1.807) is 7.05 Å². The first-order valence-electron chi connectivity index (χ1n) is 6.10. The first-order valence-corrected chi connectivity index (χ1v) is 6.47. The summed E-state index contributed by atoms with van der Waals surface area (Å²) in [5, 5.41) is 8.44. The third-order valence-electron chi connectivity index (χ3n) is 2.84. The minimum Gasteiger partial charge on any atom is -0.357 e. The Morgan fingerprint density at radius 2 is 1.65 bits per heavy atom. The summed E-state index contributed by atoms with van der Waals surface area (Å²) in [6, 6.07) is 14.2. The van der Waals surface area contributed by atoms with Gasteiger partial charge in [-0.3, -0.25) is 0 Å². The van der Waals surface area contributed by atoms with Crippen LogP contribution in [-0.4, -0.2) is 22.0 Å². The first-order chi connectivity index (χ1) is 9.74. The Balaban J connectivity index is 1.94. The van der Waals surface area contributed by atoms with Crippen molar-refractivity contribution in [1.82, 2.24) is 15.0 Å². The number of nitrogens with zero attached hydrogens (tertiary/aromatic N) is 3. The van der Waals surface area contributed by atoms with Crippen molar-refractivity contribution in [1.29, 1.82) is 0 Å². The number of anilines is 3. The molecule has 0 atom stereocenters. The van der Waals surface area contributed by atoms with Crippen molar-refractivity contribution < 1.29 is 0 Å². The second-order valence-corrected chi connectivity index (χ2v) is 4.53. The Bertz CT molecular complexity index is 759. The molecule has 0 fully saturated rings. The summed E-state index contributed by atoms with van der Waals surface area (Å²) in [5.41, 5.74) is 0.896. The van der Waals surface area contributed by atoms with Crippen LogP contribution >= 0.6 is 11.6 Å². The fourth-order valence-electron chi connectivity index (χ4n) is 1.91. The quantitative estimate of drug-likeness (QED) is 0.771. The van der Waals surface area contributed by atoms with Gasteiger partial charge in [-0.2, -0.15) is 15.0 Å². The van der Waals surface area contributed by atoms with E-state index in [9.17, 15) is 0 Å². The number of halogens is 1. The van der Waals surface area contributed by atoms with Crippen molar-refractivity contribution in [2.75, 3.05) is 17.7 Å². The highest BCUT2D eigenvalue weighted by molar-refractivity contribution is 6.28. The van der Waals surface area contributed by atoms with Crippen LogP contribution in [0, 0.1) is 0 Å². The Hall–Kier alpha value is -2.40. The van der Waals surface area contributed by atoms with Crippen molar-refractivity contribution in [3.63, 3.8) is 0 Å². The highest BCUT2D eigenvalue weighted by Gasteiger charge is 2.04. The zero-order valence-corrected chi connectivity index (χ0v) is 11.5. The van der Waals surface area contributed by atoms with Crippen molar-refractivity contribution in [3.05, 3.63) is 47.7 Å². The van der Waals surface area contributed by atoms with Gasteiger partial charge in [0.1, 0.15) is 0 Å². The maximum absolute atomic E-state index is 5.85. The minimum atomic E-state index is 0.146. The molecule has 100 valence electrons. The molecule has 0 spiro atoms. The molecule has 0 unspecified atom stereocenters. The molecule has 2 aromatic carbocycles. The van der Waals surface area contributed by atoms with Crippen molar-refractivity contribution in [2.24, 2.45) is 0 Å². The first kappa shape index (κ1) is 12.6. The topological polar surface area (TPSA) is 62.7 Å². The van der Waals surface area contributed by atoms with Crippen LogP contribution in [0.2, 0.25) is 5.28 Å². The van der Waals surface area contributed by atoms with E-state index in [1.165, 1.54) is 5.39 Å². The van der Waals surface area contributed by atoms with Gasteiger partial charge in [-0.1, -0.05) is 30.3 Å². The third-order valence-corrected chi connectivity index (χ3v) is 3.01. The van der Waals surface area contributed by atoms with Gasteiger partial charge in [-0.15, -0.1) is 0 Å². The molecule has 20 heavy (non-hydrogen) atoms. The van der Waals surface area contributed by atoms with E-state index in [-0.39, 0.29) is 5.28 Å². The monoisotopic (exact) mass is 285 g/mol. The van der Waals surface area contributed by atoms with Gasteiger partial charge in [-0.25, -0.2) is 0 Å².